The fourth-order valence-corrected chi connectivity index (χ4v) is 2.49. The molecule has 0 fully saturated rings. The van der Waals surface area contributed by atoms with Crippen LogP contribution in [0.2, 0.25) is 10.4 Å². The summed E-state index contributed by atoms with van der Waals surface area (Å²) in [7, 11) is 0. The van der Waals surface area contributed by atoms with Crippen LogP contribution in [-0.4, -0.2) is 26.1 Å². The zero-order chi connectivity index (χ0) is 12.2. The third-order valence-electron chi connectivity index (χ3n) is 2.84. The van der Waals surface area contributed by atoms with Crippen molar-refractivity contribution < 1.29 is 4.74 Å². The van der Waals surface area contributed by atoms with Gasteiger partial charge in [-0.2, -0.15) is 4.98 Å². The van der Waals surface area contributed by atoms with Crippen LogP contribution in [0.3, 0.4) is 0 Å². The van der Waals surface area contributed by atoms with E-state index in [1.165, 1.54) is 0 Å². The standard InChI is InChI=1S/C10H10Cl2N4O/c1-10(2)8-13-5-6(11)14-9(12)15-7(5)16(8)3-4-17-10/h3-4H2,1-2H3. The van der Waals surface area contributed by atoms with E-state index in [-0.39, 0.29) is 10.4 Å². The van der Waals surface area contributed by atoms with Gasteiger partial charge in [0.25, 0.3) is 0 Å². The van der Waals surface area contributed by atoms with Gasteiger partial charge in [0.15, 0.2) is 10.8 Å². The first-order valence-corrected chi connectivity index (χ1v) is 5.98. The summed E-state index contributed by atoms with van der Waals surface area (Å²) in [5.74, 6) is 0.803. The lowest BCUT2D eigenvalue weighted by Crippen LogP contribution is -2.33. The molecular weight excluding hydrogens is 263 g/mol. The Morgan fingerprint density at radius 3 is 2.76 bits per heavy atom. The molecule has 0 aliphatic carbocycles. The summed E-state index contributed by atoms with van der Waals surface area (Å²) in [6, 6.07) is 0. The van der Waals surface area contributed by atoms with Crippen LogP contribution in [0.4, 0.5) is 0 Å². The highest BCUT2D eigenvalue weighted by atomic mass is 35.5. The van der Waals surface area contributed by atoms with Crippen molar-refractivity contribution in [1.29, 1.82) is 0 Å². The summed E-state index contributed by atoms with van der Waals surface area (Å²) < 4.78 is 7.67. The summed E-state index contributed by atoms with van der Waals surface area (Å²) in [5, 5.41) is 0.409. The van der Waals surface area contributed by atoms with E-state index in [2.05, 4.69) is 15.0 Å². The Hall–Kier alpha value is -0.910. The van der Waals surface area contributed by atoms with Crippen LogP contribution >= 0.6 is 23.2 Å². The lowest BCUT2D eigenvalue weighted by molar-refractivity contribution is -0.0530. The molecule has 1 aliphatic heterocycles. The van der Waals surface area contributed by atoms with Crippen molar-refractivity contribution in [3.63, 3.8) is 0 Å². The molecule has 0 amide bonds. The molecule has 0 N–H and O–H groups in total. The third-order valence-corrected chi connectivity index (χ3v) is 3.27. The first kappa shape index (κ1) is 11.2. The number of rotatable bonds is 0. The molecule has 17 heavy (non-hydrogen) atoms. The molecule has 0 saturated carbocycles. The Morgan fingerprint density at radius 1 is 1.24 bits per heavy atom. The normalized spacial score (nSPS) is 18.4. The third kappa shape index (κ3) is 1.61. The zero-order valence-corrected chi connectivity index (χ0v) is 10.9. The smallest absolute Gasteiger partial charge is 0.225 e. The molecule has 3 rings (SSSR count). The molecule has 3 heterocycles. The quantitative estimate of drug-likeness (QED) is 0.546. The Labute approximate surface area is 108 Å². The molecule has 0 spiro atoms. The second kappa shape index (κ2) is 3.54. The van der Waals surface area contributed by atoms with E-state index in [4.69, 9.17) is 27.9 Å². The van der Waals surface area contributed by atoms with Gasteiger partial charge in [-0.25, -0.2) is 9.97 Å². The Balaban J connectivity index is 2.38. The molecule has 5 nitrogen and oxygen atoms in total. The summed E-state index contributed by atoms with van der Waals surface area (Å²) in [4.78, 5) is 12.6. The number of hydrogen-bond acceptors (Lipinski definition) is 4. The molecule has 0 unspecified atom stereocenters. The largest absolute Gasteiger partial charge is 0.366 e. The van der Waals surface area contributed by atoms with E-state index >= 15 is 0 Å². The Bertz CT molecular complexity index is 608. The molecule has 90 valence electrons. The minimum atomic E-state index is -0.450. The second-order valence-electron chi connectivity index (χ2n) is 4.40. The first-order chi connectivity index (χ1) is 7.99. The number of nitrogens with zero attached hydrogens (tertiary/aromatic N) is 4. The van der Waals surface area contributed by atoms with Gasteiger partial charge in [-0.3, -0.25) is 0 Å². The van der Waals surface area contributed by atoms with E-state index in [1.807, 2.05) is 18.4 Å². The van der Waals surface area contributed by atoms with Crippen molar-refractivity contribution in [3.8, 4) is 0 Å². The predicted molar refractivity (Wildman–Crippen MR) is 64.3 cm³/mol. The highest BCUT2D eigenvalue weighted by Crippen LogP contribution is 2.32. The molecular formula is C10H10Cl2N4O. The average molecular weight is 273 g/mol. The van der Waals surface area contributed by atoms with Crippen molar-refractivity contribution in [1.82, 2.24) is 19.5 Å². The van der Waals surface area contributed by atoms with Crippen molar-refractivity contribution >= 4 is 34.4 Å². The number of ether oxygens (including phenoxy) is 1. The second-order valence-corrected chi connectivity index (χ2v) is 5.10. The van der Waals surface area contributed by atoms with Gasteiger partial charge in [-0.1, -0.05) is 11.6 Å². The molecule has 2 aromatic rings. The van der Waals surface area contributed by atoms with Gasteiger partial charge in [0.2, 0.25) is 5.28 Å². The molecule has 0 atom stereocenters. The average Bonchev–Trinajstić information content (AvgIpc) is 2.58. The van der Waals surface area contributed by atoms with Crippen LogP contribution in [0.5, 0.6) is 0 Å². The highest BCUT2D eigenvalue weighted by molar-refractivity contribution is 6.35. The van der Waals surface area contributed by atoms with E-state index < -0.39 is 5.60 Å². The van der Waals surface area contributed by atoms with Crippen molar-refractivity contribution in [2.45, 2.75) is 26.0 Å². The minimum Gasteiger partial charge on any atom is -0.366 e. The lowest BCUT2D eigenvalue weighted by Gasteiger charge is -2.30. The van der Waals surface area contributed by atoms with Crippen molar-refractivity contribution in [2.24, 2.45) is 0 Å². The first-order valence-electron chi connectivity index (χ1n) is 5.23. The van der Waals surface area contributed by atoms with E-state index in [0.717, 1.165) is 5.82 Å². The lowest BCUT2D eigenvalue weighted by atomic mass is 10.1. The molecule has 7 heteroatoms. The fourth-order valence-electron chi connectivity index (χ4n) is 2.07. The topological polar surface area (TPSA) is 52.8 Å². The molecule has 0 aromatic carbocycles. The van der Waals surface area contributed by atoms with Crippen molar-refractivity contribution in [2.75, 3.05) is 6.61 Å². The van der Waals surface area contributed by atoms with E-state index in [1.54, 1.807) is 0 Å². The minimum absolute atomic E-state index is 0.134. The van der Waals surface area contributed by atoms with Gasteiger partial charge in [-0.05, 0) is 25.4 Å². The molecule has 0 saturated heterocycles. The molecule has 0 bridgehead atoms. The monoisotopic (exact) mass is 272 g/mol. The molecule has 1 aliphatic rings. The van der Waals surface area contributed by atoms with Gasteiger partial charge < -0.3 is 9.30 Å². The van der Waals surface area contributed by atoms with Crippen molar-refractivity contribution in [3.05, 3.63) is 16.3 Å². The van der Waals surface area contributed by atoms with Gasteiger partial charge >= 0.3 is 0 Å². The Morgan fingerprint density at radius 2 is 2.00 bits per heavy atom. The summed E-state index contributed by atoms with van der Waals surface area (Å²) in [6.45, 7) is 5.24. The van der Waals surface area contributed by atoms with Crippen LogP contribution in [0.15, 0.2) is 0 Å². The van der Waals surface area contributed by atoms with Crippen LogP contribution in [-0.2, 0) is 16.9 Å². The summed E-state index contributed by atoms with van der Waals surface area (Å²) in [5.41, 5.74) is 0.792. The van der Waals surface area contributed by atoms with E-state index in [0.29, 0.717) is 24.3 Å². The van der Waals surface area contributed by atoms with Gasteiger partial charge in [0, 0.05) is 6.54 Å². The maximum absolute atomic E-state index is 6.02. The Kier molecular flexibility index (Phi) is 2.33. The number of halogens is 2. The molecule has 2 aromatic heterocycles. The fraction of sp³-hybridized carbons (Fsp3) is 0.500. The van der Waals surface area contributed by atoms with Crippen LogP contribution in [0.1, 0.15) is 19.7 Å². The van der Waals surface area contributed by atoms with Gasteiger partial charge in [0.1, 0.15) is 16.9 Å². The predicted octanol–water partition coefficient (Wildman–Crippen LogP) is 2.40. The number of aromatic nitrogens is 4. The summed E-state index contributed by atoms with van der Waals surface area (Å²) >= 11 is 11.8. The van der Waals surface area contributed by atoms with Crippen LogP contribution < -0.4 is 0 Å². The SMILES string of the molecule is CC1(C)OCCn2c1nc1c(Cl)nc(Cl)nc12. The number of fused-ring (bicyclic) bond motifs is 3. The summed E-state index contributed by atoms with van der Waals surface area (Å²) in [6.07, 6.45) is 0. The number of hydrogen-bond donors (Lipinski definition) is 0. The number of imidazole rings is 1. The van der Waals surface area contributed by atoms with Gasteiger partial charge in [0.05, 0.1) is 6.61 Å². The van der Waals surface area contributed by atoms with E-state index in [9.17, 15) is 0 Å². The zero-order valence-electron chi connectivity index (χ0n) is 9.37. The van der Waals surface area contributed by atoms with Gasteiger partial charge in [-0.15, -0.1) is 0 Å². The maximum atomic E-state index is 6.02. The van der Waals surface area contributed by atoms with Crippen LogP contribution in [0.25, 0.3) is 11.2 Å². The molecule has 0 radical (unpaired) electrons. The highest BCUT2D eigenvalue weighted by Gasteiger charge is 2.33. The maximum Gasteiger partial charge on any atom is 0.225 e. The van der Waals surface area contributed by atoms with Crippen LogP contribution in [0, 0.1) is 0 Å².